The first kappa shape index (κ1) is 16.1. The van der Waals surface area contributed by atoms with E-state index in [9.17, 15) is 22.0 Å². The number of H-pyrrole nitrogens is 2. The fraction of sp³-hybridized carbons (Fsp3) is 0.500. The van der Waals surface area contributed by atoms with Gasteiger partial charge in [-0.15, -0.1) is 0 Å². The number of nitrogens with one attached hydrogen (secondary N) is 2. The third-order valence-corrected chi connectivity index (χ3v) is 6.27. The van der Waals surface area contributed by atoms with Crippen molar-refractivity contribution in [2.24, 2.45) is 0 Å². The number of rotatable bonds is 3. The minimum atomic E-state index is -3.81. The monoisotopic (exact) mass is 345 g/mol. The van der Waals surface area contributed by atoms with Gasteiger partial charge >= 0.3 is 5.69 Å². The number of imidazole rings is 1. The highest BCUT2D eigenvalue weighted by Gasteiger charge is 2.39. The molecule has 0 spiro atoms. The first-order valence-corrected chi connectivity index (χ1v) is 8.71. The zero-order valence-electron chi connectivity index (χ0n) is 12.5. The van der Waals surface area contributed by atoms with E-state index in [1.165, 1.54) is 25.2 Å². The Hall–Kier alpha value is -1.74. The van der Waals surface area contributed by atoms with Crippen LogP contribution in [0.2, 0.25) is 0 Å². The number of fused-ring (bicyclic) bond motifs is 1. The molecule has 0 unspecified atom stereocenters. The Morgan fingerprint density at radius 1 is 1.17 bits per heavy atom. The molecule has 1 aliphatic rings. The van der Waals surface area contributed by atoms with E-state index >= 15 is 0 Å². The number of halogens is 2. The minimum absolute atomic E-state index is 0.0279. The first-order chi connectivity index (χ1) is 10.7. The van der Waals surface area contributed by atoms with Gasteiger partial charge in [0.25, 0.3) is 0 Å². The molecule has 0 radical (unpaired) electrons. The average Bonchev–Trinajstić information content (AvgIpc) is 2.85. The highest BCUT2D eigenvalue weighted by Crippen LogP contribution is 2.36. The Morgan fingerprint density at radius 2 is 1.78 bits per heavy atom. The Morgan fingerprint density at radius 3 is 2.43 bits per heavy atom. The topological polar surface area (TPSA) is 86.0 Å². The molecule has 1 fully saturated rings. The van der Waals surface area contributed by atoms with E-state index in [4.69, 9.17) is 0 Å². The predicted octanol–water partition coefficient (Wildman–Crippen LogP) is 2.05. The van der Waals surface area contributed by atoms with Crippen LogP contribution in [0.5, 0.6) is 0 Å². The fourth-order valence-electron chi connectivity index (χ4n) is 2.92. The van der Waals surface area contributed by atoms with E-state index in [0.29, 0.717) is 11.0 Å². The largest absolute Gasteiger partial charge is 0.323 e. The van der Waals surface area contributed by atoms with Crippen molar-refractivity contribution in [1.82, 2.24) is 14.3 Å². The van der Waals surface area contributed by atoms with Crippen LogP contribution in [0.25, 0.3) is 11.0 Å². The van der Waals surface area contributed by atoms with Gasteiger partial charge in [-0.3, -0.25) is 0 Å². The number of alkyl halides is 2. The minimum Gasteiger partial charge on any atom is -0.306 e. The van der Waals surface area contributed by atoms with E-state index in [-0.39, 0.29) is 30.6 Å². The van der Waals surface area contributed by atoms with E-state index < -0.39 is 27.7 Å². The van der Waals surface area contributed by atoms with Crippen LogP contribution in [0, 0.1) is 0 Å². The Bertz CT molecular complexity index is 878. The maximum absolute atomic E-state index is 13.2. The number of benzene rings is 1. The molecule has 9 heteroatoms. The highest BCUT2D eigenvalue weighted by molar-refractivity contribution is 7.89. The van der Waals surface area contributed by atoms with Crippen molar-refractivity contribution in [3.63, 3.8) is 0 Å². The fourth-order valence-corrected chi connectivity index (χ4v) is 4.37. The number of hydrogen-bond acceptors (Lipinski definition) is 3. The summed E-state index contributed by atoms with van der Waals surface area (Å²) in [5, 5.41) is 0. The van der Waals surface area contributed by atoms with E-state index in [1.54, 1.807) is 0 Å². The van der Waals surface area contributed by atoms with Crippen molar-refractivity contribution in [1.29, 1.82) is 0 Å². The third-order valence-electron chi connectivity index (χ3n) is 4.37. The van der Waals surface area contributed by atoms with Gasteiger partial charge in [-0.25, -0.2) is 22.0 Å². The standard InChI is InChI=1S/C14H17F2N3O3S/c1-19(9-4-6-14(15,16)7-5-9)23(21,22)10-2-3-11-12(8-10)18-13(20)17-11/h2-3,8-9H,4-7H2,1H3,(H2,17,18,20). The summed E-state index contributed by atoms with van der Waals surface area (Å²) >= 11 is 0. The summed E-state index contributed by atoms with van der Waals surface area (Å²) in [6.07, 6.45) is -0.346. The zero-order valence-corrected chi connectivity index (χ0v) is 13.3. The lowest BCUT2D eigenvalue weighted by atomic mass is 9.92. The first-order valence-electron chi connectivity index (χ1n) is 7.27. The predicted molar refractivity (Wildman–Crippen MR) is 81.1 cm³/mol. The summed E-state index contributed by atoms with van der Waals surface area (Å²) in [7, 11) is -2.40. The van der Waals surface area contributed by atoms with E-state index in [0.717, 1.165) is 4.31 Å². The number of sulfonamides is 1. The quantitative estimate of drug-likeness (QED) is 0.893. The van der Waals surface area contributed by atoms with Crippen LogP contribution in [-0.4, -0.2) is 41.7 Å². The highest BCUT2D eigenvalue weighted by atomic mass is 32.2. The molecule has 126 valence electrons. The van der Waals surface area contributed by atoms with Crippen LogP contribution in [-0.2, 0) is 10.0 Å². The molecule has 23 heavy (non-hydrogen) atoms. The summed E-state index contributed by atoms with van der Waals surface area (Å²) in [6.45, 7) is 0. The molecule has 1 aliphatic carbocycles. The van der Waals surface area contributed by atoms with Crippen LogP contribution < -0.4 is 5.69 Å². The van der Waals surface area contributed by atoms with Crippen molar-refractivity contribution < 1.29 is 17.2 Å². The van der Waals surface area contributed by atoms with Crippen LogP contribution in [0.1, 0.15) is 25.7 Å². The Labute approximate surface area is 131 Å². The summed E-state index contributed by atoms with van der Waals surface area (Å²) in [4.78, 5) is 16.3. The Kier molecular flexibility index (Phi) is 3.80. The van der Waals surface area contributed by atoms with Crippen LogP contribution in [0.3, 0.4) is 0 Å². The van der Waals surface area contributed by atoms with Gasteiger partial charge in [0.1, 0.15) is 0 Å². The molecule has 0 saturated heterocycles. The summed E-state index contributed by atoms with van der Waals surface area (Å²) in [5.74, 6) is -2.70. The maximum atomic E-state index is 13.2. The summed E-state index contributed by atoms with van der Waals surface area (Å²) in [6, 6.07) is 3.83. The molecule has 2 aromatic rings. The molecule has 2 N–H and O–H groups in total. The summed E-state index contributed by atoms with van der Waals surface area (Å²) < 4.78 is 53.0. The number of aromatic nitrogens is 2. The van der Waals surface area contributed by atoms with Crippen molar-refractivity contribution >= 4 is 21.1 Å². The molecule has 1 aromatic heterocycles. The number of hydrogen-bond donors (Lipinski definition) is 2. The Balaban J connectivity index is 1.88. The molecule has 3 rings (SSSR count). The average molecular weight is 345 g/mol. The second-order valence-corrected chi connectivity index (χ2v) is 7.89. The van der Waals surface area contributed by atoms with E-state index in [2.05, 4.69) is 9.97 Å². The molecule has 0 atom stereocenters. The van der Waals surface area contributed by atoms with Crippen LogP contribution >= 0.6 is 0 Å². The van der Waals surface area contributed by atoms with Crippen molar-refractivity contribution in [3.8, 4) is 0 Å². The maximum Gasteiger partial charge on any atom is 0.323 e. The van der Waals surface area contributed by atoms with Gasteiger partial charge < -0.3 is 9.97 Å². The molecule has 1 aromatic carbocycles. The molecular weight excluding hydrogens is 328 g/mol. The third kappa shape index (κ3) is 3.02. The molecular formula is C14H17F2N3O3S. The molecule has 0 aliphatic heterocycles. The van der Waals surface area contributed by atoms with Gasteiger partial charge in [0, 0.05) is 25.9 Å². The smallest absolute Gasteiger partial charge is 0.306 e. The number of aromatic amines is 2. The molecule has 0 bridgehead atoms. The normalized spacial score (nSPS) is 19.5. The lowest BCUT2D eigenvalue weighted by Crippen LogP contribution is -2.41. The molecule has 0 amide bonds. The van der Waals surface area contributed by atoms with Gasteiger partial charge in [0.15, 0.2) is 0 Å². The van der Waals surface area contributed by atoms with Gasteiger partial charge in [-0.05, 0) is 31.0 Å². The lowest BCUT2D eigenvalue weighted by molar-refractivity contribution is -0.0453. The van der Waals surface area contributed by atoms with Crippen molar-refractivity contribution in [3.05, 3.63) is 28.7 Å². The molecule has 1 saturated carbocycles. The second kappa shape index (κ2) is 5.41. The van der Waals surface area contributed by atoms with Crippen LogP contribution in [0.15, 0.2) is 27.9 Å². The molecule has 1 heterocycles. The van der Waals surface area contributed by atoms with E-state index in [1.807, 2.05) is 0 Å². The van der Waals surface area contributed by atoms with Crippen LogP contribution in [0.4, 0.5) is 8.78 Å². The van der Waals surface area contributed by atoms with Gasteiger partial charge in [0.05, 0.1) is 15.9 Å². The number of nitrogens with zero attached hydrogens (tertiary/aromatic N) is 1. The van der Waals surface area contributed by atoms with Crippen molar-refractivity contribution in [2.75, 3.05) is 7.05 Å². The van der Waals surface area contributed by atoms with Gasteiger partial charge in [-0.1, -0.05) is 0 Å². The SMILES string of the molecule is CN(C1CCC(F)(F)CC1)S(=O)(=O)c1ccc2[nH]c(=O)[nH]c2c1. The summed E-state index contributed by atoms with van der Waals surface area (Å²) in [5.41, 5.74) is 0.478. The molecule has 6 nitrogen and oxygen atoms in total. The van der Waals surface area contributed by atoms with Gasteiger partial charge in [0.2, 0.25) is 15.9 Å². The second-order valence-electron chi connectivity index (χ2n) is 5.89. The van der Waals surface area contributed by atoms with Gasteiger partial charge in [-0.2, -0.15) is 4.31 Å². The zero-order chi connectivity index (χ0) is 16.8. The lowest BCUT2D eigenvalue weighted by Gasteiger charge is -2.33. The van der Waals surface area contributed by atoms with Crippen molar-refractivity contribution in [2.45, 2.75) is 42.5 Å².